The van der Waals surface area contributed by atoms with E-state index in [0.29, 0.717) is 38.5 Å². The Morgan fingerprint density at radius 2 is 1.97 bits per heavy atom. The van der Waals surface area contributed by atoms with Gasteiger partial charge < -0.3 is 15.0 Å². The molecule has 1 amide bonds. The van der Waals surface area contributed by atoms with E-state index in [1.807, 2.05) is 6.92 Å². The van der Waals surface area contributed by atoms with Crippen LogP contribution in [0.5, 0.6) is 5.75 Å². The van der Waals surface area contributed by atoms with E-state index >= 15 is 0 Å². The number of rotatable bonds is 5. The highest BCUT2D eigenvalue weighted by Gasteiger charge is 2.38. The van der Waals surface area contributed by atoms with Gasteiger partial charge in [0.05, 0.1) is 30.3 Å². The number of carbonyl (C=O) groups is 1. The van der Waals surface area contributed by atoms with Crippen LogP contribution in [-0.4, -0.2) is 41.1 Å². The van der Waals surface area contributed by atoms with Crippen LogP contribution in [-0.2, 0) is 11.0 Å². The first-order chi connectivity index (χ1) is 14.6. The minimum Gasteiger partial charge on any atom is -0.490 e. The third-order valence-corrected chi connectivity index (χ3v) is 6.18. The molecule has 0 radical (unpaired) electrons. The number of nitrogens with one attached hydrogen (secondary N) is 1. The Kier molecular flexibility index (Phi) is 6.81. The number of carbonyl (C=O) groups excluding carboxylic acids is 1. The second-order valence-electron chi connectivity index (χ2n) is 8.46. The summed E-state index contributed by atoms with van der Waals surface area (Å²) >= 11 is 0. The van der Waals surface area contributed by atoms with Gasteiger partial charge in [0.15, 0.2) is 0 Å². The van der Waals surface area contributed by atoms with Crippen LogP contribution < -0.4 is 10.1 Å². The van der Waals surface area contributed by atoms with E-state index in [9.17, 15) is 23.2 Å². The Labute approximate surface area is 180 Å². The van der Waals surface area contributed by atoms with Crippen LogP contribution >= 0.6 is 0 Å². The third-order valence-electron chi connectivity index (χ3n) is 6.18. The average molecular weight is 433 g/mol. The maximum absolute atomic E-state index is 12.9. The molecule has 2 atom stereocenters. The summed E-state index contributed by atoms with van der Waals surface area (Å²) in [5.74, 6) is 2.61. The van der Waals surface area contributed by atoms with Crippen LogP contribution in [0.4, 0.5) is 13.2 Å². The quantitative estimate of drug-likeness (QED) is 0.716. The standard InChI is InChI=1S/C23H26F3N3O2/c1-3-17-7-8-18(14-27)29(17)21(30)15-28-22(2)11-9-19(10-12-22)31-20-6-4-5-16(13-20)23(24,25)26/h1,4-6,13,17-19,28H,7-12,15H2,2H3/t17-,18-,19?,22?/m0/s1. The lowest BCUT2D eigenvalue weighted by atomic mass is 9.81. The van der Waals surface area contributed by atoms with Gasteiger partial charge >= 0.3 is 6.18 Å². The minimum absolute atomic E-state index is 0.0893. The second-order valence-corrected chi connectivity index (χ2v) is 8.46. The Hall–Kier alpha value is -2.71. The Morgan fingerprint density at radius 3 is 2.58 bits per heavy atom. The van der Waals surface area contributed by atoms with Gasteiger partial charge in [-0.3, -0.25) is 4.79 Å². The number of hydrogen-bond donors (Lipinski definition) is 1. The highest BCUT2D eigenvalue weighted by Crippen LogP contribution is 2.34. The number of ether oxygens (including phenoxy) is 1. The second kappa shape index (κ2) is 9.20. The van der Waals surface area contributed by atoms with Crippen LogP contribution in [0.2, 0.25) is 0 Å². The molecule has 8 heteroatoms. The summed E-state index contributed by atoms with van der Waals surface area (Å²) in [5.41, 5.74) is -1.02. The van der Waals surface area contributed by atoms with Crippen molar-refractivity contribution in [1.29, 1.82) is 5.26 Å². The summed E-state index contributed by atoms with van der Waals surface area (Å²) in [5, 5.41) is 12.6. The molecule has 2 fully saturated rings. The number of benzene rings is 1. The zero-order chi connectivity index (χ0) is 22.6. The third kappa shape index (κ3) is 5.51. The molecule has 1 aromatic carbocycles. The van der Waals surface area contributed by atoms with Crippen molar-refractivity contribution in [2.24, 2.45) is 0 Å². The fourth-order valence-electron chi connectivity index (χ4n) is 4.29. The summed E-state index contributed by atoms with van der Waals surface area (Å²) in [4.78, 5) is 14.2. The largest absolute Gasteiger partial charge is 0.490 e. The van der Waals surface area contributed by atoms with Crippen molar-refractivity contribution < 1.29 is 22.7 Å². The summed E-state index contributed by atoms with van der Waals surface area (Å²) in [6.45, 7) is 2.11. The fourth-order valence-corrected chi connectivity index (χ4v) is 4.29. The highest BCUT2D eigenvalue weighted by molar-refractivity contribution is 5.80. The zero-order valence-corrected chi connectivity index (χ0v) is 17.4. The Balaban J connectivity index is 1.51. The van der Waals surface area contributed by atoms with E-state index in [1.165, 1.54) is 17.0 Å². The molecule has 1 aromatic rings. The van der Waals surface area contributed by atoms with Crippen LogP contribution in [0.1, 0.15) is 51.0 Å². The van der Waals surface area contributed by atoms with Crippen LogP contribution in [0.3, 0.4) is 0 Å². The molecule has 0 bridgehead atoms. The highest BCUT2D eigenvalue weighted by atomic mass is 19.4. The van der Waals surface area contributed by atoms with Gasteiger partial charge in [0.1, 0.15) is 11.8 Å². The maximum atomic E-state index is 12.9. The normalized spacial score (nSPS) is 28.6. The number of amides is 1. The molecule has 1 N–H and O–H groups in total. The Bertz CT molecular complexity index is 857. The molecule has 1 saturated carbocycles. The van der Waals surface area contributed by atoms with Gasteiger partial charge in [-0.2, -0.15) is 18.4 Å². The predicted molar refractivity (Wildman–Crippen MR) is 109 cm³/mol. The molecule has 1 saturated heterocycles. The van der Waals surface area contributed by atoms with Crippen LogP contribution in [0.25, 0.3) is 0 Å². The summed E-state index contributed by atoms with van der Waals surface area (Å²) in [6.07, 6.45) is 4.88. The number of terminal acetylenes is 1. The van der Waals surface area contributed by atoms with E-state index < -0.39 is 17.8 Å². The maximum Gasteiger partial charge on any atom is 0.416 e. The van der Waals surface area contributed by atoms with Gasteiger partial charge in [-0.05, 0) is 63.6 Å². The summed E-state index contributed by atoms with van der Waals surface area (Å²) < 4.78 is 44.4. The lowest BCUT2D eigenvalue weighted by Gasteiger charge is -2.38. The molecular weight excluding hydrogens is 407 g/mol. The molecule has 1 heterocycles. The van der Waals surface area contributed by atoms with Crippen molar-refractivity contribution in [1.82, 2.24) is 10.2 Å². The van der Waals surface area contributed by atoms with E-state index in [1.54, 1.807) is 0 Å². The zero-order valence-electron chi connectivity index (χ0n) is 17.4. The lowest BCUT2D eigenvalue weighted by molar-refractivity contribution is -0.137. The van der Waals surface area contributed by atoms with Gasteiger partial charge in [-0.1, -0.05) is 12.0 Å². The van der Waals surface area contributed by atoms with Crippen molar-refractivity contribution in [2.75, 3.05) is 6.54 Å². The van der Waals surface area contributed by atoms with Gasteiger partial charge in [0.25, 0.3) is 0 Å². The molecule has 31 heavy (non-hydrogen) atoms. The van der Waals surface area contributed by atoms with E-state index in [0.717, 1.165) is 12.1 Å². The number of likely N-dealkylation sites (tertiary alicyclic amines) is 1. The molecule has 1 aliphatic heterocycles. The summed E-state index contributed by atoms with van der Waals surface area (Å²) in [7, 11) is 0. The molecule has 5 nitrogen and oxygen atoms in total. The smallest absolute Gasteiger partial charge is 0.416 e. The number of halogens is 3. The van der Waals surface area contributed by atoms with Gasteiger partial charge in [0.2, 0.25) is 5.91 Å². The van der Waals surface area contributed by atoms with Crippen LogP contribution in [0, 0.1) is 23.7 Å². The van der Waals surface area contributed by atoms with Gasteiger partial charge in [-0.25, -0.2) is 0 Å². The van der Waals surface area contributed by atoms with Gasteiger partial charge in [0, 0.05) is 5.54 Å². The summed E-state index contributed by atoms with van der Waals surface area (Å²) in [6, 6.07) is 6.23. The molecule has 3 rings (SSSR count). The Morgan fingerprint density at radius 1 is 1.29 bits per heavy atom. The SMILES string of the molecule is C#C[C@H]1CC[C@@H](C#N)N1C(=O)CNC1(C)CCC(Oc2cccc(C(F)(F)F)c2)CC1. The lowest BCUT2D eigenvalue weighted by Crippen LogP contribution is -2.52. The molecule has 166 valence electrons. The predicted octanol–water partition coefficient (Wildman–Crippen LogP) is 3.89. The van der Waals surface area contributed by atoms with Crippen molar-refractivity contribution in [3.05, 3.63) is 29.8 Å². The first-order valence-electron chi connectivity index (χ1n) is 10.4. The minimum atomic E-state index is -4.40. The molecule has 0 unspecified atom stereocenters. The first-order valence-corrected chi connectivity index (χ1v) is 10.4. The van der Waals surface area contributed by atoms with Crippen molar-refractivity contribution >= 4 is 5.91 Å². The molecule has 0 spiro atoms. The fraction of sp³-hybridized carbons (Fsp3) is 0.565. The van der Waals surface area contributed by atoms with E-state index in [-0.39, 0.29) is 35.9 Å². The average Bonchev–Trinajstić information content (AvgIpc) is 3.17. The molecule has 2 aliphatic rings. The van der Waals surface area contributed by atoms with Crippen molar-refractivity contribution in [2.45, 2.75) is 75.4 Å². The van der Waals surface area contributed by atoms with E-state index in [2.05, 4.69) is 17.3 Å². The van der Waals surface area contributed by atoms with Crippen molar-refractivity contribution in [3.63, 3.8) is 0 Å². The molecular formula is C23H26F3N3O2. The number of alkyl halides is 3. The van der Waals surface area contributed by atoms with Gasteiger partial charge in [-0.15, -0.1) is 6.42 Å². The number of nitrogens with zero attached hydrogens (tertiary/aromatic N) is 2. The number of nitriles is 1. The molecule has 0 aromatic heterocycles. The first kappa shape index (κ1) is 23.0. The number of hydrogen-bond acceptors (Lipinski definition) is 4. The topological polar surface area (TPSA) is 65.4 Å². The monoisotopic (exact) mass is 433 g/mol. The van der Waals surface area contributed by atoms with Crippen LogP contribution in [0.15, 0.2) is 24.3 Å². The molecule has 1 aliphatic carbocycles. The van der Waals surface area contributed by atoms with Crippen molar-refractivity contribution in [3.8, 4) is 24.2 Å². The van der Waals surface area contributed by atoms with E-state index in [4.69, 9.17) is 11.2 Å².